The quantitative estimate of drug-likeness (QED) is 0.373. The third-order valence-corrected chi connectivity index (χ3v) is 6.26. The Morgan fingerprint density at radius 1 is 0.968 bits per heavy atom. The van der Waals surface area contributed by atoms with Gasteiger partial charge in [-0.05, 0) is 60.9 Å². The molecule has 0 aliphatic carbocycles. The fourth-order valence-corrected chi connectivity index (χ4v) is 4.61. The second kappa shape index (κ2) is 7.67. The number of para-hydroxylation sites is 1. The maximum atomic E-state index is 13.6. The first-order chi connectivity index (χ1) is 15.0. The molecule has 0 saturated heterocycles. The summed E-state index contributed by atoms with van der Waals surface area (Å²) < 4.78 is 17.1. The van der Waals surface area contributed by atoms with Crippen LogP contribution in [0.5, 0.6) is 0 Å². The van der Waals surface area contributed by atoms with Crippen LogP contribution in [-0.4, -0.2) is 19.2 Å². The summed E-state index contributed by atoms with van der Waals surface area (Å²) in [7, 11) is 0. The Kier molecular flexibility index (Phi) is 4.82. The number of hydrogen-bond donors (Lipinski definition) is 0. The third-order valence-electron chi connectivity index (χ3n) is 5.26. The van der Waals surface area contributed by atoms with E-state index in [1.54, 1.807) is 10.6 Å². The maximum Gasteiger partial charge on any atom is 0.267 e. The zero-order valence-corrected chi connectivity index (χ0v) is 17.9. The third kappa shape index (κ3) is 3.41. The Labute approximate surface area is 182 Å². The highest BCUT2D eigenvalue weighted by Gasteiger charge is 2.19. The van der Waals surface area contributed by atoms with Crippen LogP contribution in [0, 0.1) is 19.7 Å². The predicted molar refractivity (Wildman–Crippen MR) is 122 cm³/mol. The van der Waals surface area contributed by atoms with Gasteiger partial charge >= 0.3 is 0 Å². The first-order valence-electron chi connectivity index (χ1n) is 9.87. The van der Waals surface area contributed by atoms with E-state index >= 15 is 0 Å². The summed E-state index contributed by atoms with van der Waals surface area (Å²) in [5.74, 6) is 0.729. The van der Waals surface area contributed by atoms with Crippen LogP contribution in [0.2, 0.25) is 0 Å². The summed E-state index contributed by atoms with van der Waals surface area (Å²) in [4.78, 5) is 13.5. The SMILES string of the molecule is Cc1ccc(C)c(-n2c(=O)c3ccccc3n3c(SCc4cccc(F)c4)nnc23)c1. The van der Waals surface area contributed by atoms with Crippen molar-refractivity contribution in [1.29, 1.82) is 0 Å². The van der Waals surface area contributed by atoms with Crippen molar-refractivity contribution in [3.05, 3.63) is 99.6 Å². The molecule has 2 aromatic heterocycles. The number of thioether (sulfide) groups is 1. The van der Waals surface area contributed by atoms with Gasteiger partial charge in [-0.1, -0.05) is 48.2 Å². The highest BCUT2D eigenvalue weighted by atomic mass is 32.2. The van der Waals surface area contributed by atoms with E-state index in [4.69, 9.17) is 0 Å². The van der Waals surface area contributed by atoms with E-state index in [1.807, 2.05) is 66.8 Å². The minimum atomic E-state index is -0.265. The Morgan fingerprint density at radius 3 is 2.65 bits per heavy atom. The van der Waals surface area contributed by atoms with E-state index in [2.05, 4.69) is 10.2 Å². The molecule has 7 heteroatoms. The minimum Gasteiger partial charge on any atom is -0.268 e. The van der Waals surface area contributed by atoms with E-state index in [9.17, 15) is 9.18 Å². The molecular formula is C24H19FN4OS. The normalized spacial score (nSPS) is 11.5. The number of nitrogens with zero attached hydrogens (tertiary/aromatic N) is 4. The molecule has 0 aliphatic rings. The molecule has 0 saturated carbocycles. The summed E-state index contributed by atoms with van der Waals surface area (Å²) in [5.41, 5.74) is 4.28. The Morgan fingerprint density at radius 2 is 1.81 bits per heavy atom. The number of benzene rings is 3. The molecule has 0 bridgehead atoms. The summed E-state index contributed by atoms with van der Waals surface area (Å²) in [6.45, 7) is 3.97. The molecule has 3 aromatic carbocycles. The van der Waals surface area contributed by atoms with E-state index in [0.717, 1.165) is 27.9 Å². The Bertz CT molecular complexity index is 1510. The van der Waals surface area contributed by atoms with Crippen LogP contribution >= 0.6 is 11.8 Å². The summed E-state index contributed by atoms with van der Waals surface area (Å²) in [6, 6.07) is 20.0. The van der Waals surface area contributed by atoms with Crippen LogP contribution in [0.1, 0.15) is 16.7 Å². The second-order valence-electron chi connectivity index (χ2n) is 7.48. The van der Waals surface area contributed by atoms with Crippen LogP contribution < -0.4 is 5.56 Å². The number of rotatable bonds is 4. The smallest absolute Gasteiger partial charge is 0.267 e. The van der Waals surface area contributed by atoms with Gasteiger partial charge in [0.15, 0.2) is 5.16 Å². The lowest BCUT2D eigenvalue weighted by Gasteiger charge is -2.14. The van der Waals surface area contributed by atoms with E-state index in [0.29, 0.717) is 22.1 Å². The van der Waals surface area contributed by atoms with Crippen molar-refractivity contribution in [1.82, 2.24) is 19.2 Å². The molecule has 0 spiro atoms. The number of aromatic nitrogens is 4. The molecule has 0 N–H and O–H groups in total. The van der Waals surface area contributed by atoms with Gasteiger partial charge in [0.2, 0.25) is 5.78 Å². The lowest BCUT2D eigenvalue weighted by molar-refractivity contribution is 0.626. The summed E-state index contributed by atoms with van der Waals surface area (Å²) in [5, 5.41) is 10.0. The van der Waals surface area contributed by atoms with Gasteiger partial charge in [-0.15, -0.1) is 10.2 Å². The average Bonchev–Trinajstić information content (AvgIpc) is 3.19. The molecular weight excluding hydrogens is 411 g/mol. The average molecular weight is 431 g/mol. The highest BCUT2D eigenvalue weighted by Crippen LogP contribution is 2.26. The van der Waals surface area contributed by atoms with Gasteiger partial charge < -0.3 is 0 Å². The predicted octanol–water partition coefficient (Wildman–Crippen LogP) is 5.08. The number of fused-ring (bicyclic) bond motifs is 3. The fraction of sp³-hybridized carbons (Fsp3) is 0.125. The van der Waals surface area contributed by atoms with Crippen LogP contribution in [0.3, 0.4) is 0 Å². The van der Waals surface area contributed by atoms with Gasteiger partial charge in [-0.2, -0.15) is 0 Å². The van der Waals surface area contributed by atoms with Crippen LogP contribution in [0.15, 0.2) is 76.7 Å². The maximum absolute atomic E-state index is 13.6. The molecule has 0 atom stereocenters. The van der Waals surface area contributed by atoms with Crippen molar-refractivity contribution < 1.29 is 4.39 Å². The fourth-order valence-electron chi connectivity index (χ4n) is 3.72. The van der Waals surface area contributed by atoms with Gasteiger partial charge in [-0.3, -0.25) is 9.20 Å². The number of hydrogen-bond acceptors (Lipinski definition) is 4. The van der Waals surface area contributed by atoms with Crippen molar-refractivity contribution >= 4 is 28.4 Å². The monoisotopic (exact) mass is 430 g/mol. The topological polar surface area (TPSA) is 52.2 Å². The standard InChI is InChI=1S/C24H19FN4OS/c1-15-10-11-16(2)21(12-15)28-22(30)19-8-3-4-9-20(19)29-23(28)26-27-24(29)31-14-17-6-5-7-18(25)13-17/h3-13H,14H2,1-2H3. The first kappa shape index (κ1) is 19.5. The Hall–Kier alpha value is -3.45. The second-order valence-corrected chi connectivity index (χ2v) is 8.43. The largest absolute Gasteiger partial charge is 0.268 e. The van der Waals surface area contributed by atoms with Gasteiger partial charge in [0.1, 0.15) is 5.82 Å². The van der Waals surface area contributed by atoms with Gasteiger partial charge in [0.25, 0.3) is 5.56 Å². The van der Waals surface area contributed by atoms with Crippen LogP contribution in [0.4, 0.5) is 4.39 Å². The molecule has 0 fully saturated rings. The van der Waals surface area contributed by atoms with Crippen molar-refractivity contribution in [2.75, 3.05) is 0 Å². The molecule has 5 aromatic rings. The lowest BCUT2D eigenvalue weighted by atomic mass is 10.1. The Balaban J connectivity index is 1.74. The minimum absolute atomic E-state index is 0.133. The van der Waals surface area contributed by atoms with E-state index < -0.39 is 0 Å². The van der Waals surface area contributed by atoms with Gasteiger partial charge in [-0.25, -0.2) is 8.96 Å². The molecule has 154 valence electrons. The van der Waals surface area contributed by atoms with Gasteiger partial charge in [0.05, 0.1) is 16.6 Å². The van der Waals surface area contributed by atoms with E-state index in [1.165, 1.54) is 23.9 Å². The molecule has 0 aliphatic heterocycles. The van der Waals surface area contributed by atoms with Crippen molar-refractivity contribution in [2.24, 2.45) is 0 Å². The van der Waals surface area contributed by atoms with Crippen LogP contribution in [-0.2, 0) is 5.75 Å². The summed E-state index contributed by atoms with van der Waals surface area (Å²) >= 11 is 1.46. The summed E-state index contributed by atoms with van der Waals surface area (Å²) in [6.07, 6.45) is 0. The highest BCUT2D eigenvalue weighted by molar-refractivity contribution is 7.98. The molecule has 0 unspecified atom stereocenters. The van der Waals surface area contributed by atoms with Crippen molar-refractivity contribution in [3.63, 3.8) is 0 Å². The van der Waals surface area contributed by atoms with Crippen molar-refractivity contribution in [3.8, 4) is 5.69 Å². The lowest BCUT2D eigenvalue weighted by Crippen LogP contribution is -2.22. The molecule has 0 amide bonds. The molecule has 5 rings (SSSR count). The molecule has 0 radical (unpaired) electrons. The van der Waals surface area contributed by atoms with Gasteiger partial charge in [0, 0.05) is 5.75 Å². The number of aryl methyl sites for hydroxylation is 2. The van der Waals surface area contributed by atoms with Crippen LogP contribution in [0.25, 0.3) is 22.4 Å². The van der Waals surface area contributed by atoms with Crippen molar-refractivity contribution in [2.45, 2.75) is 24.8 Å². The molecule has 2 heterocycles. The molecule has 5 nitrogen and oxygen atoms in total. The zero-order valence-electron chi connectivity index (χ0n) is 17.0. The zero-order chi connectivity index (χ0) is 21.5. The van der Waals surface area contributed by atoms with E-state index in [-0.39, 0.29) is 11.4 Å². The first-order valence-corrected chi connectivity index (χ1v) is 10.9. The molecule has 31 heavy (non-hydrogen) atoms. The number of halogens is 1.